The second-order valence-corrected chi connectivity index (χ2v) is 10.5. The molecule has 4 rings (SSSR count). The summed E-state index contributed by atoms with van der Waals surface area (Å²) in [5.41, 5.74) is 1.47. The molecule has 168 valence electrons. The fourth-order valence-electron chi connectivity index (χ4n) is 3.20. The Bertz CT molecular complexity index is 1140. The maximum Gasteiger partial charge on any atom is 0.341 e. The quantitative estimate of drug-likeness (QED) is 0.272. The molecule has 0 saturated carbocycles. The summed E-state index contributed by atoms with van der Waals surface area (Å²) in [7, 11) is 0. The lowest BCUT2D eigenvalue weighted by Gasteiger charge is -2.11. The molecule has 9 nitrogen and oxygen atoms in total. The molecule has 0 saturated heterocycles. The van der Waals surface area contributed by atoms with E-state index in [9.17, 15) is 14.4 Å². The number of thiophene rings is 1. The van der Waals surface area contributed by atoms with E-state index in [1.165, 1.54) is 29.4 Å². The maximum absolute atomic E-state index is 12.8. The first-order chi connectivity index (χ1) is 15.5. The van der Waals surface area contributed by atoms with Crippen molar-refractivity contribution in [3.8, 4) is 0 Å². The highest BCUT2D eigenvalue weighted by Gasteiger charge is 2.29. The molecule has 2 N–H and O–H groups in total. The molecule has 12 heteroatoms. The number of aryl methyl sites for hydroxylation is 1. The van der Waals surface area contributed by atoms with Gasteiger partial charge in [-0.25, -0.2) is 4.79 Å². The Morgan fingerprint density at radius 3 is 2.84 bits per heavy atom. The highest BCUT2D eigenvalue weighted by atomic mass is 32.2. The van der Waals surface area contributed by atoms with Crippen molar-refractivity contribution in [2.24, 2.45) is 0 Å². The molecule has 1 atom stereocenters. The lowest BCUT2D eigenvalue weighted by molar-refractivity contribution is -0.115. The SMILES string of the molecule is CCOC(=O)c1c(NC(=O)[C@H](C)Sc2nnc(NC(=O)c3ccco3)s2)sc2c1CCC2. The summed E-state index contributed by atoms with van der Waals surface area (Å²) in [6, 6.07) is 3.16. The van der Waals surface area contributed by atoms with Crippen LogP contribution in [0.4, 0.5) is 10.1 Å². The number of carbonyl (C=O) groups is 3. The molecule has 32 heavy (non-hydrogen) atoms. The number of hydrogen-bond donors (Lipinski definition) is 2. The van der Waals surface area contributed by atoms with Gasteiger partial charge in [0.25, 0.3) is 5.91 Å². The van der Waals surface area contributed by atoms with Gasteiger partial charge < -0.3 is 14.5 Å². The average molecular weight is 493 g/mol. The summed E-state index contributed by atoms with van der Waals surface area (Å²) >= 11 is 3.82. The van der Waals surface area contributed by atoms with Gasteiger partial charge in [0.05, 0.1) is 23.7 Å². The van der Waals surface area contributed by atoms with Crippen molar-refractivity contribution in [1.29, 1.82) is 0 Å². The summed E-state index contributed by atoms with van der Waals surface area (Å²) in [6.45, 7) is 3.78. The largest absolute Gasteiger partial charge is 0.462 e. The molecule has 1 aliphatic rings. The Balaban J connectivity index is 1.39. The van der Waals surface area contributed by atoms with Crippen LogP contribution in [0.2, 0.25) is 0 Å². The molecule has 3 aromatic rings. The van der Waals surface area contributed by atoms with Crippen LogP contribution >= 0.6 is 34.4 Å². The first-order valence-electron chi connectivity index (χ1n) is 9.93. The van der Waals surface area contributed by atoms with E-state index in [0.717, 1.165) is 41.0 Å². The van der Waals surface area contributed by atoms with Gasteiger partial charge in [0, 0.05) is 4.88 Å². The number of anilines is 2. The fourth-order valence-corrected chi connectivity index (χ4v) is 6.38. The first kappa shape index (κ1) is 22.5. The zero-order chi connectivity index (χ0) is 22.7. The average Bonchev–Trinajstić information content (AvgIpc) is 3.53. The van der Waals surface area contributed by atoms with Crippen LogP contribution in [0.1, 0.15) is 51.6 Å². The molecule has 0 aromatic carbocycles. The Hall–Kier alpha value is -2.70. The number of nitrogens with one attached hydrogen (secondary N) is 2. The van der Waals surface area contributed by atoms with Gasteiger partial charge in [0.15, 0.2) is 10.1 Å². The number of thioether (sulfide) groups is 1. The number of aromatic nitrogens is 2. The predicted molar refractivity (Wildman–Crippen MR) is 123 cm³/mol. The molecule has 0 unspecified atom stereocenters. The predicted octanol–water partition coefficient (Wildman–Crippen LogP) is 4.23. The number of fused-ring (bicyclic) bond motifs is 1. The third-order valence-electron chi connectivity index (χ3n) is 4.66. The van der Waals surface area contributed by atoms with E-state index in [1.807, 2.05) is 0 Å². The van der Waals surface area contributed by atoms with Crippen molar-refractivity contribution in [1.82, 2.24) is 10.2 Å². The zero-order valence-electron chi connectivity index (χ0n) is 17.3. The lowest BCUT2D eigenvalue weighted by Crippen LogP contribution is -2.23. The van der Waals surface area contributed by atoms with Gasteiger partial charge in [-0.2, -0.15) is 0 Å². The lowest BCUT2D eigenvalue weighted by atomic mass is 10.1. The Labute approximate surface area is 195 Å². The highest BCUT2D eigenvalue weighted by molar-refractivity contribution is 8.02. The number of amides is 2. The van der Waals surface area contributed by atoms with Crippen molar-refractivity contribution in [2.45, 2.75) is 42.7 Å². The number of furan rings is 1. The van der Waals surface area contributed by atoms with Crippen molar-refractivity contribution in [3.05, 3.63) is 40.2 Å². The summed E-state index contributed by atoms with van der Waals surface area (Å²) in [5.74, 6) is -0.909. The molecule has 3 aromatic heterocycles. The second kappa shape index (κ2) is 9.84. The molecule has 0 bridgehead atoms. The van der Waals surface area contributed by atoms with Crippen LogP contribution in [0.5, 0.6) is 0 Å². The minimum Gasteiger partial charge on any atom is -0.462 e. The van der Waals surface area contributed by atoms with E-state index in [4.69, 9.17) is 9.15 Å². The number of ether oxygens (including phenoxy) is 1. The topological polar surface area (TPSA) is 123 Å². The van der Waals surface area contributed by atoms with Crippen molar-refractivity contribution < 1.29 is 23.5 Å². The molecule has 0 spiro atoms. The van der Waals surface area contributed by atoms with Crippen molar-refractivity contribution in [3.63, 3.8) is 0 Å². The Morgan fingerprint density at radius 1 is 1.25 bits per heavy atom. The van der Waals surface area contributed by atoms with E-state index in [2.05, 4.69) is 20.8 Å². The number of carbonyl (C=O) groups excluding carboxylic acids is 3. The van der Waals surface area contributed by atoms with Gasteiger partial charge in [-0.05, 0) is 50.8 Å². The summed E-state index contributed by atoms with van der Waals surface area (Å²) in [5, 5.41) is 13.8. The van der Waals surface area contributed by atoms with Gasteiger partial charge >= 0.3 is 5.97 Å². The standard InChI is InChI=1S/C20H20N4O5S3/c1-3-28-18(27)14-11-6-4-8-13(11)31-17(14)21-15(25)10(2)30-20-24-23-19(32-20)22-16(26)12-7-5-9-29-12/h5,7,9-10H,3-4,6,8H2,1-2H3,(H,21,25)(H,22,23,26)/t10-/m0/s1. The van der Waals surface area contributed by atoms with E-state index in [-0.39, 0.29) is 18.3 Å². The summed E-state index contributed by atoms with van der Waals surface area (Å²) < 4.78 is 10.8. The summed E-state index contributed by atoms with van der Waals surface area (Å²) in [4.78, 5) is 38.5. The molecular formula is C20H20N4O5S3. The van der Waals surface area contributed by atoms with Crippen molar-refractivity contribution in [2.75, 3.05) is 17.2 Å². The first-order valence-corrected chi connectivity index (χ1v) is 12.4. The van der Waals surface area contributed by atoms with Gasteiger partial charge in [-0.3, -0.25) is 14.9 Å². The molecule has 0 aliphatic heterocycles. The number of nitrogens with zero attached hydrogens (tertiary/aromatic N) is 2. The van der Waals surface area contributed by atoms with Crippen molar-refractivity contribution >= 4 is 62.4 Å². The van der Waals surface area contributed by atoms with Crippen LogP contribution < -0.4 is 10.6 Å². The summed E-state index contributed by atoms with van der Waals surface area (Å²) in [6.07, 6.45) is 4.14. The normalized spacial score (nSPS) is 13.4. The second-order valence-electron chi connectivity index (χ2n) is 6.84. The minimum atomic E-state index is -0.497. The van der Waals surface area contributed by atoms with Gasteiger partial charge in [-0.15, -0.1) is 21.5 Å². The van der Waals surface area contributed by atoms with Crippen LogP contribution in [0, 0.1) is 0 Å². The monoisotopic (exact) mass is 492 g/mol. The van der Waals surface area contributed by atoms with Gasteiger partial charge in [0.2, 0.25) is 11.0 Å². The van der Waals surface area contributed by atoms with Crippen LogP contribution in [-0.2, 0) is 22.4 Å². The van der Waals surface area contributed by atoms with Crippen LogP contribution in [0.3, 0.4) is 0 Å². The molecular weight excluding hydrogens is 472 g/mol. The molecule has 0 radical (unpaired) electrons. The molecule has 0 fully saturated rings. The number of hydrogen-bond acceptors (Lipinski definition) is 10. The van der Waals surface area contributed by atoms with Crippen LogP contribution in [-0.4, -0.2) is 39.8 Å². The van der Waals surface area contributed by atoms with Gasteiger partial charge in [0.1, 0.15) is 5.00 Å². The van der Waals surface area contributed by atoms with Crippen LogP contribution in [0.15, 0.2) is 27.2 Å². The smallest absolute Gasteiger partial charge is 0.341 e. The Kier molecular flexibility index (Phi) is 6.92. The molecule has 1 aliphatic carbocycles. The highest BCUT2D eigenvalue weighted by Crippen LogP contribution is 2.40. The maximum atomic E-state index is 12.8. The van der Waals surface area contributed by atoms with E-state index < -0.39 is 17.1 Å². The third kappa shape index (κ3) is 4.87. The van der Waals surface area contributed by atoms with Gasteiger partial charge in [-0.1, -0.05) is 23.1 Å². The van der Waals surface area contributed by atoms with Crippen LogP contribution in [0.25, 0.3) is 0 Å². The zero-order valence-corrected chi connectivity index (χ0v) is 19.7. The fraction of sp³-hybridized carbons (Fsp3) is 0.350. The Morgan fingerprint density at radius 2 is 2.09 bits per heavy atom. The number of rotatable bonds is 8. The van der Waals surface area contributed by atoms with E-state index in [1.54, 1.807) is 26.0 Å². The third-order valence-corrected chi connectivity index (χ3v) is 7.89. The minimum absolute atomic E-state index is 0.169. The molecule has 2 amide bonds. The number of esters is 1. The molecule has 3 heterocycles. The van der Waals surface area contributed by atoms with E-state index in [0.29, 0.717) is 20.0 Å². The van der Waals surface area contributed by atoms with E-state index >= 15 is 0 Å².